The van der Waals surface area contributed by atoms with Crippen molar-refractivity contribution < 1.29 is 37.3 Å². The number of carbonyl (C=O) groups is 2. The fourth-order valence-corrected chi connectivity index (χ4v) is 5.52. The Balaban J connectivity index is 1.66. The maximum Gasteiger partial charge on any atom is 0.425 e. The van der Waals surface area contributed by atoms with Crippen molar-refractivity contribution in [3.8, 4) is 28.0 Å². The summed E-state index contributed by atoms with van der Waals surface area (Å²) in [5.74, 6) is -1.65. The summed E-state index contributed by atoms with van der Waals surface area (Å²) in [7, 11) is 0. The monoisotopic (exact) mass is 653 g/mol. The third kappa shape index (κ3) is 12.7. The molecule has 0 saturated heterocycles. The van der Waals surface area contributed by atoms with Gasteiger partial charge in [0, 0.05) is 0 Å². The van der Waals surface area contributed by atoms with E-state index in [2.05, 4.69) is 6.92 Å². The highest BCUT2D eigenvalue weighted by Gasteiger charge is 2.42. The van der Waals surface area contributed by atoms with Crippen molar-refractivity contribution in [2.75, 3.05) is 6.61 Å². The fourth-order valence-electron chi connectivity index (χ4n) is 5.52. The van der Waals surface area contributed by atoms with Gasteiger partial charge in [-0.3, -0.25) is 0 Å². The highest BCUT2D eigenvalue weighted by atomic mass is 19.4. The summed E-state index contributed by atoms with van der Waals surface area (Å²) < 4.78 is 51.5. The Hall–Kier alpha value is -3.81. The average Bonchev–Trinajstić information content (AvgIpc) is 3.06. The Morgan fingerprint density at radius 1 is 0.660 bits per heavy atom. The number of halogens is 3. The van der Waals surface area contributed by atoms with E-state index in [0.717, 1.165) is 42.6 Å². The van der Waals surface area contributed by atoms with Gasteiger partial charge in [0.2, 0.25) is 0 Å². The van der Waals surface area contributed by atoms with E-state index in [9.17, 15) is 27.9 Å². The smallest absolute Gasteiger partial charge is 0.425 e. The van der Waals surface area contributed by atoms with Crippen LogP contribution in [-0.4, -0.2) is 30.8 Å². The SMILES string of the molecule is CCCCCCCCCCCOc1ccc(-c2ccc(C(=O)[O-])cc2-c2ccc(C(=O)OC(CCCCCC)C(F)(F)F)cc2)cc1. The third-order valence-electron chi connectivity index (χ3n) is 8.30. The number of alkyl halides is 3. The fraction of sp³-hybridized carbons (Fsp3) is 0.487. The molecular weight excluding hydrogens is 605 g/mol. The zero-order chi connectivity index (χ0) is 34.1. The largest absolute Gasteiger partial charge is 0.545 e. The van der Waals surface area contributed by atoms with Crippen LogP contribution in [0.1, 0.15) is 124 Å². The number of carbonyl (C=O) groups excluding carboxylic acids is 2. The number of rotatable bonds is 21. The lowest BCUT2D eigenvalue weighted by atomic mass is 9.92. The maximum absolute atomic E-state index is 13.5. The molecule has 8 heteroatoms. The molecule has 0 amide bonds. The van der Waals surface area contributed by atoms with Gasteiger partial charge >= 0.3 is 12.1 Å². The summed E-state index contributed by atoms with van der Waals surface area (Å²) in [4.78, 5) is 24.3. The predicted molar refractivity (Wildman–Crippen MR) is 178 cm³/mol. The van der Waals surface area contributed by atoms with Gasteiger partial charge in [-0.2, -0.15) is 13.2 Å². The van der Waals surface area contributed by atoms with Gasteiger partial charge in [-0.25, -0.2) is 4.79 Å². The number of benzene rings is 3. The molecule has 0 aliphatic rings. The van der Waals surface area contributed by atoms with Crippen LogP contribution in [-0.2, 0) is 4.74 Å². The number of hydrogen-bond donors (Lipinski definition) is 0. The second-order valence-electron chi connectivity index (χ2n) is 12.1. The van der Waals surface area contributed by atoms with Gasteiger partial charge < -0.3 is 19.4 Å². The van der Waals surface area contributed by atoms with E-state index < -0.39 is 24.2 Å². The lowest BCUT2D eigenvalue weighted by molar-refractivity contribution is -0.255. The molecule has 0 aliphatic carbocycles. The second-order valence-corrected chi connectivity index (χ2v) is 12.1. The summed E-state index contributed by atoms with van der Waals surface area (Å²) in [5.41, 5.74) is 2.66. The minimum Gasteiger partial charge on any atom is -0.545 e. The minimum atomic E-state index is -4.66. The summed E-state index contributed by atoms with van der Waals surface area (Å²) in [6, 6.07) is 18.1. The van der Waals surface area contributed by atoms with Crippen molar-refractivity contribution in [2.24, 2.45) is 0 Å². The van der Waals surface area contributed by atoms with Crippen LogP contribution in [0.5, 0.6) is 5.75 Å². The van der Waals surface area contributed by atoms with Gasteiger partial charge in [-0.15, -0.1) is 0 Å². The van der Waals surface area contributed by atoms with Crippen LogP contribution in [0.2, 0.25) is 0 Å². The first-order valence-electron chi connectivity index (χ1n) is 17.1. The van der Waals surface area contributed by atoms with Crippen molar-refractivity contribution >= 4 is 11.9 Å². The molecule has 0 radical (unpaired) electrons. The van der Waals surface area contributed by atoms with Crippen molar-refractivity contribution in [1.29, 1.82) is 0 Å². The molecule has 0 fully saturated rings. The highest BCUT2D eigenvalue weighted by Crippen LogP contribution is 2.35. The van der Waals surface area contributed by atoms with E-state index in [4.69, 9.17) is 9.47 Å². The van der Waals surface area contributed by atoms with Gasteiger partial charge in [0.15, 0.2) is 6.10 Å². The first-order valence-corrected chi connectivity index (χ1v) is 17.1. The number of unbranched alkanes of at least 4 members (excludes halogenated alkanes) is 11. The summed E-state index contributed by atoms with van der Waals surface area (Å²) in [5, 5.41) is 11.7. The van der Waals surface area contributed by atoms with Crippen LogP contribution in [0.3, 0.4) is 0 Å². The molecule has 0 saturated carbocycles. The van der Waals surface area contributed by atoms with Gasteiger partial charge in [0.1, 0.15) is 5.75 Å². The third-order valence-corrected chi connectivity index (χ3v) is 8.30. The van der Waals surface area contributed by atoms with E-state index in [1.165, 1.54) is 69.2 Å². The van der Waals surface area contributed by atoms with E-state index in [1.807, 2.05) is 31.2 Å². The number of ether oxygens (including phenoxy) is 2. The van der Waals surface area contributed by atoms with Crippen LogP contribution < -0.4 is 9.84 Å². The van der Waals surface area contributed by atoms with Crippen LogP contribution in [0.4, 0.5) is 13.2 Å². The standard InChI is InChI=1S/C39H49F3O5/c1-3-5-7-9-10-11-12-13-15-27-46-33-24-21-29(22-25-33)34-26-23-32(37(43)44)28-35(34)30-17-19-31(20-18-30)38(45)47-36(39(40,41)42)16-14-8-6-4-2/h17-26,28,36H,3-16,27H2,1-2H3,(H,43,44)/p-1. The molecule has 3 aromatic rings. The minimum absolute atomic E-state index is 0.0239. The second kappa shape index (κ2) is 19.8. The molecular formula is C39H48F3O5-. The Kier molecular flexibility index (Phi) is 15.8. The molecule has 0 aliphatic heterocycles. The molecule has 1 atom stereocenters. The van der Waals surface area contributed by atoms with Crippen molar-refractivity contribution in [3.63, 3.8) is 0 Å². The Morgan fingerprint density at radius 3 is 1.74 bits per heavy atom. The number of carboxylic acids is 1. The Bertz CT molecular complexity index is 1370. The Morgan fingerprint density at radius 2 is 1.17 bits per heavy atom. The summed E-state index contributed by atoms with van der Waals surface area (Å²) in [6.07, 6.45) is 6.68. The quantitative estimate of drug-likeness (QED) is 0.0845. The molecule has 256 valence electrons. The normalized spacial score (nSPS) is 12.1. The summed E-state index contributed by atoms with van der Waals surface area (Å²) in [6.45, 7) is 4.83. The zero-order valence-electron chi connectivity index (χ0n) is 27.7. The number of aromatic carboxylic acids is 1. The Labute approximate surface area is 277 Å². The van der Waals surface area contributed by atoms with Gasteiger partial charge in [-0.05, 0) is 77.4 Å². The first kappa shape index (κ1) is 37.6. The van der Waals surface area contributed by atoms with Crippen molar-refractivity contribution in [3.05, 3.63) is 77.9 Å². The molecule has 47 heavy (non-hydrogen) atoms. The molecule has 3 rings (SSSR count). The molecule has 3 aromatic carbocycles. The van der Waals surface area contributed by atoms with Crippen LogP contribution in [0.25, 0.3) is 22.3 Å². The zero-order valence-corrected chi connectivity index (χ0v) is 27.7. The van der Waals surface area contributed by atoms with Crippen LogP contribution in [0, 0.1) is 0 Å². The van der Waals surface area contributed by atoms with Gasteiger partial charge in [-0.1, -0.05) is 121 Å². The molecule has 0 spiro atoms. The van der Waals surface area contributed by atoms with Gasteiger partial charge in [0.05, 0.1) is 18.1 Å². The molecule has 0 aromatic heterocycles. The number of esters is 1. The highest BCUT2D eigenvalue weighted by molar-refractivity contribution is 5.94. The molecule has 5 nitrogen and oxygen atoms in total. The lowest BCUT2D eigenvalue weighted by Gasteiger charge is -2.21. The lowest BCUT2D eigenvalue weighted by Crippen LogP contribution is -2.33. The molecule has 0 N–H and O–H groups in total. The molecule has 1 unspecified atom stereocenters. The predicted octanol–water partition coefficient (Wildman–Crippen LogP) is 10.4. The van der Waals surface area contributed by atoms with E-state index in [1.54, 1.807) is 18.2 Å². The van der Waals surface area contributed by atoms with Crippen molar-refractivity contribution in [1.82, 2.24) is 0 Å². The van der Waals surface area contributed by atoms with E-state index >= 15 is 0 Å². The molecule has 0 heterocycles. The molecule has 0 bridgehead atoms. The summed E-state index contributed by atoms with van der Waals surface area (Å²) >= 11 is 0. The van der Waals surface area contributed by atoms with E-state index in [-0.39, 0.29) is 17.5 Å². The number of hydrogen-bond acceptors (Lipinski definition) is 5. The maximum atomic E-state index is 13.5. The topological polar surface area (TPSA) is 75.7 Å². The van der Waals surface area contributed by atoms with Crippen LogP contribution in [0.15, 0.2) is 66.7 Å². The average molecular weight is 654 g/mol. The first-order chi connectivity index (χ1) is 22.6. The van der Waals surface area contributed by atoms with E-state index in [0.29, 0.717) is 30.6 Å². The van der Waals surface area contributed by atoms with Crippen LogP contribution >= 0.6 is 0 Å². The van der Waals surface area contributed by atoms with Crippen molar-refractivity contribution in [2.45, 2.75) is 116 Å². The van der Waals surface area contributed by atoms with Gasteiger partial charge in [0.25, 0.3) is 0 Å². The number of carboxylic acid groups (broad SMARTS) is 1.